The maximum absolute atomic E-state index is 12.1. The van der Waals surface area contributed by atoms with Crippen molar-refractivity contribution in [3.63, 3.8) is 0 Å². The maximum atomic E-state index is 12.1. The zero-order valence-electron chi connectivity index (χ0n) is 15.2. The number of rotatable bonds is 7. The first-order chi connectivity index (χ1) is 11.9. The molecule has 3 rings (SSSR count). The average molecular weight is 365 g/mol. The van der Waals surface area contributed by atoms with Crippen LogP contribution in [0.4, 0.5) is 5.69 Å². The Morgan fingerprint density at radius 3 is 2.92 bits per heavy atom. The highest BCUT2D eigenvalue weighted by Gasteiger charge is 2.34. The van der Waals surface area contributed by atoms with Crippen LogP contribution in [-0.2, 0) is 14.8 Å². The number of aryl methyl sites for hydroxylation is 1. The summed E-state index contributed by atoms with van der Waals surface area (Å²) in [6, 6.07) is 6.35. The Hall–Kier alpha value is -1.28. The lowest BCUT2D eigenvalue weighted by molar-refractivity contribution is 0.165. The minimum atomic E-state index is -3.23. The second-order valence-corrected chi connectivity index (χ2v) is 8.90. The van der Waals surface area contributed by atoms with Crippen molar-refractivity contribution < 1.29 is 13.2 Å². The van der Waals surface area contributed by atoms with Crippen molar-refractivity contribution >= 4 is 21.9 Å². The zero-order valence-corrected chi connectivity index (χ0v) is 16.0. The summed E-state index contributed by atoms with van der Waals surface area (Å²) in [5, 5.41) is 0. The third-order valence-electron chi connectivity index (χ3n) is 5.10. The number of likely N-dealkylation sites (tertiary alicyclic amines) is 1. The number of ether oxygens (including phenoxy) is 1. The summed E-state index contributed by atoms with van der Waals surface area (Å²) in [6.07, 6.45) is 4.18. The Balaban J connectivity index is 1.64. The van der Waals surface area contributed by atoms with Gasteiger partial charge in [0.05, 0.1) is 18.6 Å². The van der Waals surface area contributed by atoms with Crippen LogP contribution in [0.3, 0.4) is 0 Å². The SMILES string of the molecule is COCCN(C1CCN(CC2C=Nc3c(C)cccc32)C1)S(C)(=O)=O. The summed E-state index contributed by atoms with van der Waals surface area (Å²) in [5.74, 6) is 0.291. The molecule has 0 spiro atoms. The second-order valence-electron chi connectivity index (χ2n) is 6.97. The fraction of sp³-hybridized carbons (Fsp3) is 0.611. The molecule has 2 aliphatic rings. The highest BCUT2D eigenvalue weighted by Crippen LogP contribution is 2.35. The van der Waals surface area contributed by atoms with Crippen LogP contribution in [0.1, 0.15) is 23.5 Å². The Labute approximate surface area is 150 Å². The predicted molar refractivity (Wildman–Crippen MR) is 100 cm³/mol. The van der Waals surface area contributed by atoms with Gasteiger partial charge in [0.25, 0.3) is 0 Å². The first-order valence-corrected chi connectivity index (χ1v) is 10.6. The molecule has 2 heterocycles. The van der Waals surface area contributed by atoms with Crippen LogP contribution in [-0.4, -0.2) is 76.0 Å². The van der Waals surface area contributed by atoms with Crippen LogP contribution in [0.25, 0.3) is 0 Å². The van der Waals surface area contributed by atoms with E-state index in [0.29, 0.717) is 19.1 Å². The van der Waals surface area contributed by atoms with E-state index in [1.165, 1.54) is 17.4 Å². The Morgan fingerprint density at radius 2 is 2.20 bits per heavy atom. The van der Waals surface area contributed by atoms with Crippen LogP contribution in [0.15, 0.2) is 23.2 Å². The van der Waals surface area contributed by atoms with Gasteiger partial charge in [-0.2, -0.15) is 4.31 Å². The molecule has 1 aromatic rings. The van der Waals surface area contributed by atoms with E-state index in [4.69, 9.17) is 4.74 Å². The number of para-hydroxylation sites is 1. The van der Waals surface area contributed by atoms with E-state index in [-0.39, 0.29) is 6.04 Å². The Kier molecular flexibility index (Phi) is 5.58. The molecule has 7 heteroatoms. The monoisotopic (exact) mass is 365 g/mol. The molecule has 0 N–H and O–H groups in total. The van der Waals surface area contributed by atoms with E-state index in [2.05, 4.69) is 35.0 Å². The zero-order chi connectivity index (χ0) is 18.0. The molecular formula is C18H27N3O3S. The first kappa shape index (κ1) is 18.5. The van der Waals surface area contributed by atoms with E-state index in [1.54, 1.807) is 11.4 Å². The Morgan fingerprint density at radius 1 is 1.40 bits per heavy atom. The van der Waals surface area contributed by atoms with Crippen molar-refractivity contribution in [1.82, 2.24) is 9.21 Å². The molecule has 0 bridgehead atoms. The summed E-state index contributed by atoms with van der Waals surface area (Å²) in [6.45, 7) is 5.49. The van der Waals surface area contributed by atoms with Gasteiger partial charge in [-0.25, -0.2) is 8.42 Å². The number of fused-ring (bicyclic) bond motifs is 1. The number of hydrogen-bond acceptors (Lipinski definition) is 5. The smallest absolute Gasteiger partial charge is 0.211 e. The number of benzene rings is 1. The van der Waals surface area contributed by atoms with E-state index < -0.39 is 10.0 Å². The maximum Gasteiger partial charge on any atom is 0.211 e. The van der Waals surface area contributed by atoms with Gasteiger partial charge in [0.1, 0.15) is 0 Å². The second kappa shape index (κ2) is 7.53. The summed E-state index contributed by atoms with van der Waals surface area (Å²) in [5.41, 5.74) is 3.59. The average Bonchev–Trinajstić information content (AvgIpc) is 3.16. The summed E-state index contributed by atoms with van der Waals surface area (Å²) in [4.78, 5) is 6.93. The van der Waals surface area contributed by atoms with E-state index >= 15 is 0 Å². The summed E-state index contributed by atoms with van der Waals surface area (Å²) >= 11 is 0. The third-order valence-corrected chi connectivity index (χ3v) is 6.44. The Bertz CT molecular complexity index is 748. The van der Waals surface area contributed by atoms with Crippen molar-refractivity contribution in [3.05, 3.63) is 29.3 Å². The third kappa shape index (κ3) is 4.11. The standard InChI is InChI=1S/C18H27N3O3S/c1-14-5-4-6-17-15(11-19-18(14)17)12-20-8-7-16(13-20)21(9-10-24-2)25(3,22)23/h4-6,11,15-16H,7-10,12-13H2,1-3H3. The fourth-order valence-electron chi connectivity index (χ4n) is 3.84. The molecule has 25 heavy (non-hydrogen) atoms. The molecule has 1 saturated heterocycles. The molecule has 0 amide bonds. The predicted octanol–water partition coefficient (Wildman–Crippen LogP) is 1.78. The van der Waals surface area contributed by atoms with Gasteiger partial charge >= 0.3 is 0 Å². The molecule has 2 atom stereocenters. The van der Waals surface area contributed by atoms with Crippen LogP contribution in [0.5, 0.6) is 0 Å². The van der Waals surface area contributed by atoms with E-state index in [9.17, 15) is 8.42 Å². The van der Waals surface area contributed by atoms with Gasteiger partial charge < -0.3 is 9.64 Å². The number of sulfonamides is 1. The molecule has 0 aromatic heterocycles. The molecule has 6 nitrogen and oxygen atoms in total. The molecule has 0 saturated carbocycles. The van der Waals surface area contributed by atoms with Crippen LogP contribution in [0, 0.1) is 6.92 Å². The van der Waals surface area contributed by atoms with Gasteiger partial charge in [-0.05, 0) is 31.0 Å². The number of nitrogens with zero attached hydrogens (tertiary/aromatic N) is 3. The van der Waals surface area contributed by atoms with Crippen LogP contribution >= 0.6 is 0 Å². The molecular weight excluding hydrogens is 338 g/mol. The molecule has 1 fully saturated rings. The fourth-order valence-corrected chi connectivity index (χ4v) is 4.96. The first-order valence-electron chi connectivity index (χ1n) is 8.72. The van der Waals surface area contributed by atoms with Crippen molar-refractivity contribution in [2.75, 3.05) is 46.2 Å². The van der Waals surface area contributed by atoms with Gasteiger partial charge in [-0.15, -0.1) is 0 Å². The van der Waals surface area contributed by atoms with Gasteiger partial charge in [-0.3, -0.25) is 4.99 Å². The molecule has 2 unspecified atom stereocenters. The normalized spacial score (nSPS) is 23.5. The molecule has 2 aliphatic heterocycles. The molecule has 0 aliphatic carbocycles. The van der Waals surface area contributed by atoms with Gasteiger partial charge in [-0.1, -0.05) is 18.2 Å². The number of hydrogen-bond donors (Lipinski definition) is 0. The molecule has 0 radical (unpaired) electrons. The number of aliphatic imine (C=N–C) groups is 1. The van der Waals surface area contributed by atoms with Gasteiger partial charge in [0, 0.05) is 44.9 Å². The molecule has 138 valence electrons. The summed E-state index contributed by atoms with van der Waals surface area (Å²) < 4.78 is 30.9. The lowest BCUT2D eigenvalue weighted by Crippen LogP contribution is -2.43. The summed E-state index contributed by atoms with van der Waals surface area (Å²) in [7, 11) is -1.63. The molecule has 1 aromatic carbocycles. The minimum Gasteiger partial charge on any atom is -0.383 e. The van der Waals surface area contributed by atoms with Gasteiger partial charge in [0.15, 0.2) is 0 Å². The van der Waals surface area contributed by atoms with E-state index in [1.807, 2.05) is 6.21 Å². The lowest BCUT2D eigenvalue weighted by atomic mass is 9.98. The quantitative estimate of drug-likeness (QED) is 0.739. The van der Waals surface area contributed by atoms with Crippen molar-refractivity contribution in [3.8, 4) is 0 Å². The van der Waals surface area contributed by atoms with Crippen molar-refractivity contribution in [1.29, 1.82) is 0 Å². The van der Waals surface area contributed by atoms with Gasteiger partial charge in [0.2, 0.25) is 10.0 Å². The topological polar surface area (TPSA) is 62.2 Å². The minimum absolute atomic E-state index is 0.0282. The van der Waals surface area contributed by atoms with Crippen LogP contribution < -0.4 is 0 Å². The number of methoxy groups -OCH3 is 1. The van der Waals surface area contributed by atoms with Crippen LogP contribution in [0.2, 0.25) is 0 Å². The largest absolute Gasteiger partial charge is 0.383 e. The van der Waals surface area contributed by atoms with E-state index in [0.717, 1.165) is 31.7 Å². The lowest BCUT2D eigenvalue weighted by Gasteiger charge is -2.27. The van der Waals surface area contributed by atoms with Crippen molar-refractivity contribution in [2.24, 2.45) is 4.99 Å². The highest BCUT2D eigenvalue weighted by atomic mass is 32.2. The van der Waals surface area contributed by atoms with Crippen molar-refractivity contribution in [2.45, 2.75) is 25.3 Å². The highest BCUT2D eigenvalue weighted by molar-refractivity contribution is 7.88.